The van der Waals surface area contributed by atoms with E-state index in [2.05, 4.69) is 72.4 Å². The van der Waals surface area contributed by atoms with Crippen molar-refractivity contribution in [1.29, 1.82) is 0 Å². The molecule has 0 bridgehead atoms. The van der Waals surface area contributed by atoms with Gasteiger partial charge in [-0.15, -0.1) is 11.3 Å². The minimum absolute atomic E-state index is 0.766. The summed E-state index contributed by atoms with van der Waals surface area (Å²) in [5.74, 6) is 1.75. The van der Waals surface area contributed by atoms with Crippen molar-refractivity contribution in [3.8, 4) is 0 Å². The number of thiophene rings is 1. The molecule has 0 amide bonds. The highest BCUT2D eigenvalue weighted by molar-refractivity contribution is 7.18. The van der Waals surface area contributed by atoms with E-state index in [1.54, 1.807) is 11.3 Å². The van der Waals surface area contributed by atoms with Gasteiger partial charge in [0.15, 0.2) is 0 Å². The summed E-state index contributed by atoms with van der Waals surface area (Å²) in [4.78, 5) is 13.8. The van der Waals surface area contributed by atoms with Gasteiger partial charge in [0.2, 0.25) is 0 Å². The number of rotatable bonds is 5. The number of nitrogens with one attached hydrogen (secondary N) is 1. The number of fused-ring (bicyclic) bond motifs is 1. The highest BCUT2D eigenvalue weighted by Gasteiger charge is 2.13. The van der Waals surface area contributed by atoms with Gasteiger partial charge in [0.1, 0.15) is 16.5 Å². The van der Waals surface area contributed by atoms with Gasteiger partial charge in [-0.05, 0) is 51.6 Å². The van der Waals surface area contributed by atoms with Crippen molar-refractivity contribution >= 4 is 27.4 Å². The van der Waals surface area contributed by atoms with Crippen molar-refractivity contribution in [2.75, 3.05) is 19.4 Å². The van der Waals surface area contributed by atoms with Crippen LogP contribution < -0.4 is 5.32 Å². The predicted octanol–water partition coefficient (Wildman–Crippen LogP) is 4.29. The maximum atomic E-state index is 4.63. The van der Waals surface area contributed by atoms with Crippen LogP contribution in [0.1, 0.15) is 27.4 Å². The lowest BCUT2D eigenvalue weighted by atomic mass is 10.1. The average molecular weight is 340 g/mol. The van der Waals surface area contributed by atoms with Crippen molar-refractivity contribution < 1.29 is 0 Å². The standard InChI is InChI=1S/C19H24N4S/c1-12-13(2)24-19-17(12)18(21-14(3)22-19)20-10-15-6-8-16(9-7-15)11-23(4)5/h6-9H,10-11H2,1-5H3,(H,20,21,22). The third-order valence-corrected chi connectivity index (χ3v) is 5.22. The van der Waals surface area contributed by atoms with Crippen molar-refractivity contribution in [3.63, 3.8) is 0 Å². The van der Waals surface area contributed by atoms with Crippen LogP contribution in [0.4, 0.5) is 5.82 Å². The second kappa shape index (κ2) is 6.87. The van der Waals surface area contributed by atoms with E-state index < -0.39 is 0 Å². The summed E-state index contributed by atoms with van der Waals surface area (Å²) >= 11 is 1.74. The first-order valence-electron chi connectivity index (χ1n) is 8.15. The quantitative estimate of drug-likeness (QED) is 0.752. The van der Waals surface area contributed by atoms with Gasteiger partial charge < -0.3 is 10.2 Å². The van der Waals surface area contributed by atoms with E-state index in [9.17, 15) is 0 Å². The van der Waals surface area contributed by atoms with Crippen molar-refractivity contribution in [2.45, 2.75) is 33.9 Å². The van der Waals surface area contributed by atoms with E-state index in [-0.39, 0.29) is 0 Å². The number of aryl methyl sites for hydroxylation is 3. The molecule has 3 rings (SSSR count). The lowest BCUT2D eigenvalue weighted by Crippen LogP contribution is -2.10. The number of aromatic nitrogens is 2. The molecule has 0 unspecified atom stereocenters. The summed E-state index contributed by atoms with van der Waals surface area (Å²) in [6.45, 7) is 7.97. The SMILES string of the molecule is Cc1nc(NCc2ccc(CN(C)C)cc2)c2c(C)c(C)sc2n1. The molecule has 0 aliphatic carbocycles. The van der Waals surface area contributed by atoms with Crippen LogP contribution in [0.15, 0.2) is 24.3 Å². The zero-order chi connectivity index (χ0) is 17.3. The van der Waals surface area contributed by atoms with Crippen LogP contribution in [0.5, 0.6) is 0 Å². The molecule has 0 spiro atoms. The molecule has 1 N–H and O–H groups in total. The zero-order valence-electron chi connectivity index (χ0n) is 15.0. The number of anilines is 1. The minimum Gasteiger partial charge on any atom is -0.365 e. The van der Waals surface area contributed by atoms with E-state index in [0.29, 0.717) is 0 Å². The van der Waals surface area contributed by atoms with Gasteiger partial charge in [-0.3, -0.25) is 0 Å². The fraction of sp³-hybridized carbons (Fsp3) is 0.368. The molecular formula is C19H24N4S. The summed E-state index contributed by atoms with van der Waals surface area (Å²) < 4.78 is 0. The minimum atomic E-state index is 0.766. The molecule has 0 aliphatic rings. The molecule has 0 fully saturated rings. The van der Waals surface area contributed by atoms with E-state index in [0.717, 1.165) is 34.9 Å². The average Bonchev–Trinajstić information content (AvgIpc) is 2.80. The number of nitrogens with zero attached hydrogens (tertiary/aromatic N) is 3. The largest absolute Gasteiger partial charge is 0.365 e. The lowest BCUT2D eigenvalue weighted by molar-refractivity contribution is 0.402. The lowest BCUT2D eigenvalue weighted by Gasteiger charge is -2.11. The first-order valence-corrected chi connectivity index (χ1v) is 8.96. The molecular weight excluding hydrogens is 316 g/mol. The topological polar surface area (TPSA) is 41.1 Å². The fourth-order valence-corrected chi connectivity index (χ4v) is 3.87. The fourth-order valence-electron chi connectivity index (χ4n) is 2.80. The monoisotopic (exact) mass is 340 g/mol. The summed E-state index contributed by atoms with van der Waals surface area (Å²) in [6.07, 6.45) is 0. The molecule has 4 nitrogen and oxygen atoms in total. The third-order valence-electron chi connectivity index (χ3n) is 4.12. The summed E-state index contributed by atoms with van der Waals surface area (Å²) in [5.41, 5.74) is 3.86. The normalized spacial score (nSPS) is 11.4. The van der Waals surface area contributed by atoms with Gasteiger partial charge in [0, 0.05) is 18.0 Å². The van der Waals surface area contributed by atoms with Crippen LogP contribution in [0.2, 0.25) is 0 Å². The van der Waals surface area contributed by atoms with Crippen molar-refractivity contribution in [3.05, 3.63) is 51.7 Å². The number of benzene rings is 1. The Hall–Kier alpha value is -1.98. The van der Waals surface area contributed by atoms with Gasteiger partial charge in [0.25, 0.3) is 0 Å². The molecule has 3 aromatic rings. The maximum absolute atomic E-state index is 4.63. The van der Waals surface area contributed by atoms with Crippen LogP contribution in [0, 0.1) is 20.8 Å². The van der Waals surface area contributed by atoms with Crippen molar-refractivity contribution in [1.82, 2.24) is 14.9 Å². The Bertz CT molecular complexity index is 850. The summed E-state index contributed by atoms with van der Waals surface area (Å²) in [7, 11) is 4.17. The van der Waals surface area contributed by atoms with Crippen LogP contribution >= 0.6 is 11.3 Å². The van der Waals surface area contributed by atoms with Crippen LogP contribution in [0.25, 0.3) is 10.2 Å². The predicted molar refractivity (Wildman–Crippen MR) is 103 cm³/mol. The van der Waals surface area contributed by atoms with Gasteiger partial charge in [-0.1, -0.05) is 24.3 Å². The number of hydrogen-bond donors (Lipinski definition) is 1. The molecule has 0 atom stereocenters. The Morgan fingerprint density at radius 3 is 2.33 bits per heavy atom. The first-order chi connectivity index (χ1) is 11.4. The Balaban J connectivity index is 1.80. The van der Waals surface area contributed by atoms with E-state index in [1.165, 1.54) is 21.6 Å². The Labute approximate surface area is 147 Å². The summed E-state index contributed by atoms with van der Waals surface area (Å²) in [6, 6.07) is 8.75. The second-order valence-electron chi connectivity index (χ2n) is 6.49. The molecule has 5 heteroatoms. The molecule has 0 saturated carbocycles. The molecule has 24 heavy (non-hydrogen) atoms. The smallest absolute Gasteiger partial charge is 0.139 e. The molecule has 2 heterocycles. The highest BCUT2D eigenvalue weighted by Crippen LogP contribution is 2.33. The van der Waals surface area contributed by atoms with Crippen LogP contribution in [-0.4, -0.2) is 29.0 Å². The maximum Gasteiger partial charge on any atom is 0.139 e. The van der Waals surface area contributed by atoms with Gasteiger partial charge in [-0.25, -0.2) is 9.97 Å². The molecule has 0 aliphatic heterocycles. The molecule has 0 saturated heterocycles. The Kier molecular flexibility index (Phi) is 4.83. The zero-order valence-corrected chi connectivity index (χ0v) is 15.8. The molecule has 0 radical (unpaired) electrons. The van der Waals surface area contributed by atoms with Crippen molar-refractivity contribution in [2.24, 2.45) is 0 Å². The van der Waals surface area contributed by atoms with E-state index in [1.807, 2.05) is 6.92 Å². The van der Waals surface area contributed by atoms with E-state index >= 15 is 0 Å². The van der Waals surface area contributed by atoms with E-state index in [4.69, 9.17) is 0 Å². The first kappa shape index (κ1) is 16.9. The molecule has 126 valence electrons. The Morgan fingerprint density at radius 2 is 1.67 bits per heavy atom. The second-order valence-corrected chi connectivity index (χ2v) is 7.69. The van der Waals surface area contributed by atoms with Gasteiger partial charge in [-0.2, -0.15) is 0 Å². The molecule has 2 aromatic heterocycles. The Morgan fingerprint density at radius 1 is 1.00 bits per heavy atom. The van der Waals surface area contributed by atoms with Crippen LogP contribution in [0.3, 0.4) is 0 Å². The van der Waals surface area contributed by atoms with Gasteiger partial charge in [0.05, 0.1) is 5.39 Å². The molecule has 1 aromatic carbocycles. The highest BCUT2D eigenvalue weighted by atomic mass is 32.1. The summed E-state index contributed by atoms with van der Waals surface area (Å²) in [5, 5.41) is 4.66. The third kappa shape index (κ3) is 3.57. The van der Waals surface area contributed by atoms with Gasteiger partial charge >= 0.3 is 0 Å². The van der Waals surface area contributed by atoms with Crippen LogP contribution in [-0.2, 0) is 13.1 Å². The number of hydrogen-bond acceptors (Lipinski definition) is 5.